The molecule has 212 valence electrons. The minimum absolute atomic E-state index is 0.0438. The van der Waals surface area contributed by atoms with E-state index in [0.717, 1.165) is 0 Å². The smallest absolute Gasteiger partial charge is 0.272 e. The molecule has 1 aliphatic heterocycles. The summed E-state index contributed by atoms with van der Waals surface area (Å²) in [6.45, 7) is 4.51. The van der Waals surface area contributed by atoms with Gasteiger partial charge in [0, 0.05) is 44.1 Å². The lowest BCUT2D eigenvalue weighted by Crippen LogP contribution is -2.56. The lowest BCUT2D eigenvalue weighted by molar-refractivity contribution is -0.147. The second-order valence-corrected chi connectivity index (χ2v) is 10.4. The summed E-state index contributed by atoms with van der Waals surface area (Å²) in [5.41, 5.74) is -0.162. The van der Waals surface area contributed by atoms with Crippen LogP contribution < -0.4 is 15.0 Å². The van der Waals surface area contributed by atoms with E-state index in [0.29, 0.717) is 53.0 Å². The second-order valence-electron chi connectivity index (χ2n) is 10.4. The summed E-state index contributed by atoms with van der Waals surface area (Å²) in [5, 5.41) is 7.91. The Morgan fingerprint density at radius 3 is 2.34 bits per heavy atom. The van der Waals surface area contributed by atoms with E-state index in [9.17, 15) is 18.8 Å². The molecule has 41 heavy (non-hydrogen) atoms. The van der Waals surface area contributed by atoms with Crippen molar-refractivity contribution in [2.24, 2.45) is 0 Å². The Kier molecular flexibility index (Phi) is 7.74. The molecule has 9 nitrogen and oxygen atoms in total. The SMILES string of the molecule is COc1cccc(OC(C)(C)C(=O)N2CCN(C(=O)c3cc(Cc4n[nH]c(=O)c5ccccc45)ccc3F)CC2)c1. The van der Waals surface area contributed by atoms with Crippen molar-refractivity contribution in [3.63, 3.8) is 0 Å². The number of nitrogens with one attached hydrogen (secondary N) is 1. The Bertz CT molecular complexity index is 1660. The first-order valence-electron chi connectivity index (χ1n) is 13.3. The number of halogens is 1. The molecule has 0 bridgehead atoms. The monoisotopic (exact) mass is 558 g/mol. The molecule has 0 aliphatic carbocycles. The number of carbonyl (C=O) groups excluding carboxylic acids is 2. The van der Waals surface area contributed by atoms with E-state index in [4.69, 9.17) is 9.47 Å². The third-order valence-corrected chi connectivity index (χ3v) is 7.19. The molecule has 0 atom stereocenters. The molecule has 2 heterocycles. The van der Waals surface area contributed by atoms with Crippen molar-refractivity contribution in [3.8, 4) is 11.5 Å². The van der Waals surface area contributed by atoms with Crippen LogP contribution in [0.1, 0.15) is 35.5 Å². The van der Waals surface area contributed by atoms with Gasteiger partial charge in [0.1, 0.15) is 17.3 Å². The van der Waals surface area contributed by atoms with Crippen LogP contribution in [0.5, 0.6) is 11.5 Å². The number of amides is 2. The number of nitrogens with zero attached hydrogens (tertiary/aromatic N) is 3. The van der Waals surface area contributed by atoms with Gasteiger partial charge in [0.2, 0.25) is 0 Å². The highest BCUT2D eigenvalue weighted by Gasteiger charge is 2.36. The molecular weight excluding hydrogens is 527 g/mol. The maximum absolute atomic E-state index is 14.8. The lowest BCUT2D eigenvalue weighted by Gasteiger charge is -2.38. The van der Waals surface area contributed by atoms with Crippen LogP contribution in [0.15, 0.2) is 71.5 Å². The number of fused-ring (bicyclic) bond motifs is 1. The Hall–Kier alpha value is -4.73. The summed E-state index contributed by atoms with van der Waals surface area (Å²) in [4.78, 5) is 42.0. The lowest BCUT2D eigenvalue weighted by atomic mass is 10.0. The standard InChI is InChI=1S/C31H31FN4O5/c1-31(2,41-22-8-6-7-21(19-22)40-3)30(39)36-15-13-35(14-16-36)29(38)25-17-20(11-12-26(25)32)18-27-23-9-4-5-10-24(23)28(37)34-33-27/h4-12,17,19H,13-16,18H2,1-3H3,(H,34,37). The summed E-state index contributed by atoms with van der Waals surface area (Å²) >= 11 is 0. The molecule has 1 saturated heterocycles. The van der Waals surface area contributed by atoms with Crippen LogP contribution in [0.3, 0.4) is 0 Å². The van der Waals surface area contributed by atoms with Crippen molar-refractivity contribution in [2.75, 3.05) is 33.3 Å². The molecular formula is C31H31FN4O5. The van der Waals surface area contributed by atoms with E-state index in [1.165, 1.54) is 12.1 Å². The Labute approximate surface area is 236 Å². The van der Waals surface area contributed by atoms with Crippen LogP contribution >= 0.6 is 0 Å². The predicted octanol–water partition coefficient (Wildman–Crippen LogP) is 3.80. The zero-order valence-corrected chi connectivity index (χ0v) is 23.1. The molecule has 0 radical (unpaired) electrons. The number of hydrogen-bond donors (Lipinski definition) is 1. The number of hydrogen-bond acceptors (Lipinski definition) is 6. The highest BCUT2D eigenvalue weighted by molar-refractivity contribution is 5.95. The van der Waals surface area contributed by atoms with Gasteiger partial charge in [0.25, 0.3) is 17.4 Å². The zero-order valence-electron chi connectivity index (χ0n) is 23.1. The summed E-state index contributed by atoms with van der Waals surface area (Å²) in [6.07, 6.45) is 0.308. The predicted molar refractivity (Wildman–Crippen MR) is 152 cm³/mol. The van der Waals surface area contributed by atoms with E-state index < -0.39 is 17.3 Å². The molecule has 0 saturated carbocycles. The quantitative estimate of drug-likeness (QED) is 0.370. The second kappa shape index (κ2) is 11.4. The molecule has 4 aromatic rings. The number of methoxy groups -OCH3 is 1. The average molecular weight is 559 g/mol. The van der Waals surface area contributed by atoms with Crippen molar-refractivity contribution in [1.29, 1.82) is 0 Å². The van der Waals surface area contributed by atoms with E-state index in [2.05, 4.69) is 10.2 Å². The van der Waals surface area contributed by atoms with Crippen LogP contribution in [0, 0.1) is 5.82 Å². The van der Waals surface area contributed by atoms with E-state index >= 15 is 0 Å². The van der Waals surface area contributed by atoms with Gasteiger partial charge in [0.05, 0.1) is 23.8 Å². The van der Waals surface area contributed by atoms with Crippen molar-refractivity contribution < 1.29 is 23.5 Å². The number of ether oxygens (including phenoxy) is 2. The molecule has 1 fully saturated rings. The van der Waals surface area contributed by atoms with Crippen LogP contribution in [0.2, 0.25) is 0 Å². The summed E-state index contributed by atoms with van der Waals surface area (Å²) in [5.74, 6) is -0.136. The fourth-order valence-corrected chi connectivity index (χ4v) is 5.01. The van der Waals surface area contributed by atoms with Gasteiger partial charge in [-0.1, -0.05) is 30.3 Å². The number of benzene rings is 3. The zero-order chi connectivity index (χ0) is 29.1. The van der Waals surface area contributed by atoms with E-state index in [1.54, 1.807) is 73.2 Å². The van der Waals surface area contributed by atoms with E-state index in [-0.39, 0.29) is 30.1 Å². The van der Waals surface area contributed by atoms with E-state index in [1.807, 2.05) is 12.1 Å². The number of rotatable bonds is 7. The summed E-state index contributed by atoms with van der Waals surface area (Å²) < 4.78 is 26.1. The topological polar surface area (TPSA) is 105 Å². The van der Waals surface area contributed by atoms with Gasteiger partial charge in [-0.15, -0.1) is 0 Å². The number of aromatic nitrogens is 2. The van der Waals surface area contributed by atoms with Gasteiger partial charge in [-0.3, -0.25) is 14.4 Å². The molecule has 0 unspecified atom stereocenters. The maximum atomic E-state index is 14.8. The molecule has 0 spiro atoms. The summed E-state index contributed by atoms with van der Waals surface area (Å²) in [6, 6.07) is 18.6. The van der Waals surface area contributed by atoms with Crippen LogP contribution in [-0.4, -0.2) is 70.7 Å². The van der Waals surface area contributed by atoms with Crippen LogP contribution in [0.25, 0.3) is 10.8 Å². The van der Waals surface area contributed by atoms with Crippen molar-refractivity contribution in [1.82, 2.24) is 20.0 Å². The first kappa shape index (κ1) is 27.8. The molecule has 1 aromatic heterocycles. The van der Waals surface area contributed by atoms with Gasteiger partial charge in [0.15, 0.2) is 5.60 Å². The largest absolute Gasteiger partial charge is 0.497 e. The number of carbonyl (C=O) groups is 2. The molecule has 10 heteroatoms. The fourth-order valence-electron chi connectivity index (χ4n) is 5.01. The first-order chi connectivity index (χ1) is 19.7. The number of piperazine rings is 1. The van der Waals surface area contributed by atoms with Gasteiger partial charge in [-0.25, -0.2) is 9.49 Å². The summed E-state index contributed by atoms with van der Waals surface area (Å²) in [7, 11) is 1.56. The van der Waals surface area contributed by atoms with Gasteiger partial charge in [-0.2, -0.15) is 5.10 Å². The molecule has 3 aromatic carbocycles. The fraction of sp³-hybridized carbons (Fsp3) is 0.290. The average Bonchev–Trinajstić information content (AvgIpc) is 2.99. The van der Waals surface area contributed by atoms with Crippen LogP contribution in [-0.2, 0) is 11.2 Å². The minimum Gasteiger partial charge on any atom is -0.497 e. The number of H-pyrrole nitrogens is 1. The van der Waals surface area contributed by atoms with Crippen LogP contribution in [0.4, 0.5) is 4.39 Å². The molecule has 1 N–H and O–H groups in total. The molecule has 1 aliphatic rings. The van der Waals surface area contributed by atoms with Gasteiger partial charge < -0.3 is 19.3 Å². The highest BCUT2D eigenvalue weighted by Crippen LogP contribution is 2.25. The highest BCUT2D eigenvalue weighted by atomic mass is 19.1. The maximum Gasteiger partial charge on any atom is 0.272 e. The van der Waals surface area contributed by atoms with Crippen molar-refractivity contribution >= 4 is 22.6 Å². The Balaban J connectivity index is 1.25. The third kappa shape index (κ3) is 5.91. The first-order valence-corrected chi connectivity index (χ1v) is 13.3. The van der Waals surface area contributed by atoms with Crippen molar-refractivity contribution in [3.05, 3.63) is 99.7 Å². The molecule has 2 amide bonds. The van der Waals surface area contributed by atoms with Gasteiger partial charge >= 0.3 is 0 Å². The molecule has 5 rings (SSSR count). The normalized spacial score (nSPS) is 13.8. The van der Waals surface area contributed by atoms with Gasteiger partial charge in [-0.05, 0) is 49.7 Å². The minimum atomic E-state index is -1.14. The number of aromatic amines is 1. The van der Waals surface area contributed by atoms with Crippen molar-refractivity contribution in [2.45, 2.75) is 25.9 Å². The Morgan fingerprint density at radius 2 is 1.61 bits per heavy atom. The third-order valence-electron chi connectivity index (χ3n) is 7.19. The Morgan fingerprint density at radius 1 is 0.927 bits per heavy atom.